The molecule has 1 nitrogen and oxygen atoms in total. The van der Waals surface area contributed by atoms with Crippen LogP contribution in [0.3, 0.4) is 0 Å². The Morgan fingerprint density at radius 2 is 1.38 bits per heavy atom. The standard InChI is InChI=1S/C15H20O/c1-2-3-4-5-6-7-8-9-10-11-12-13-14-15-16/h16H,2-6,9,12,15H2,1H3. The molecule has 16 heavy (non-hydrogen) atoms. The van der Waals surface area contributed by atoms with Gasteiger partial charge in [-0.3, -0.25) is 0 Å². The van der Waals surface area contributed by atoms with Crippen molar-refractivity contribution in [1.29, 1.82) is 0 Å². The van der Waals surface area contributed by atoms with E-state index in [1.165, 1.54) is 25.7 Å². The molecule has 0 unspecified atom stereocenters. The first-order valence-corrected chi connectivity index (χ1v) is 5.89. The smallest absolute Gasteiger partial charge is 0.104 e. The minimum absolute atomic E-state index is 0.0841. The van der Waals surface area contributed by atoms with Gasteiger partial charge in [0.15, 0.2) is 0 Å². The highest BCUT2D eigenvalue weighted by Crippen LogP contribution is 2.00. The SMILES string of the molecule is CCCCCCC#CCC#CCC#CCO. The van der Waals surface area contributed by atoms with Gasteiger partial charge in [-0.1, -0.05) is 55.8 Å². The van der Waals surface area contributed by atoms with Crippen LogP contribution in [0.25, 0.3) is 0 Å². The van der Waals surface area contributed by atoms with Crippen LogP contribution >= 0.6 is 0 Å². The van der Waals surface area contributed by atoms with Crippen molar-refractivity contribution in [2.45, 2.75) is 51.9 Å². The van der Waals surface area contributed by atoms with Gasteiger partial charge in [-0.2, -0.15) is 0 Å². The van der Waals surface area contributed by atoms with Crippen LogP contribution in [-0.2, 0) is 0 Å². The summed E-state index contributed by atoms with van der Waals surface area (Å²) in [6.07, 6.45) is 7.22. The van der Waals surface area contributed by atoms with E-state index in [4.69, 9.17) is 5.11 Å². The lowest BCUT2D eigenvalue weighted by Crippen LogP contribution is -1.74. The zero-order valence-electron chi connectivity index (χ0n) is 10.1. The molecular formula is C15H20O. The van der Waals surface area contributed by atoms with Crippen molar-refractivity contribution < 1.29 is 5.11 Å². The lowest BCUT2D eigenvalue weighted by molar-refractivity contribution is 0.350. The summed E-state index contributed by atoms with van der Waals surface area (Å²) in [7, 11) is 0. The molecule has 0 atom stereocenters. The monoisotopic (exact) mass is 216 g/mol. The van der Waals surface area contributed by atoms with E-state index in [0.717, 1.165) is 6.42 Å². The van der Waals surface area contributed by atoms with Crippen molar-refractivity contribution >= 4 is 0 Å². The van der Waals surface area contributed by atoms with E-state index in [1.54, 1.807) is 0 Å². The Labute approximate surface area is 99.6 Å². The highest BCUT2D eigenvalue weighted by atomic mass is 16.2. The number of unbranched alkanes of at least 4 members (excludes halogenated alkanes) is 4. The zero-order chi connectivity index (χ0) is 11.9. The van der Waals surface area contributed by atoms with E-state index in [-0.39, 0.29) is 6.61 Å². The molecule has 0 aromatic heterocycles. The third kappa shape index (κ3) is 12.6. The Bertz CT molecular complexity index is 322. The summed E-state index contributed by atoms with van der Waals surface area (Å²) >= 11 is 0. The molecular weight excluding hydrogens is 196 g/mol. The third-order valence-corrected chi connectivity index (χ3v) is 1.96. The first kappa shape index (κ1) is 14.6. The molecule has 0 bridgehead atoms. The average Bonchev–Trinajstić information content (AvgIpc) is 2.31. The van der Waals surface area contributed by atoms with Crippen molar-refractivity contribution in [3.63, 3.8) is 0 Å². The highest BCUT2D eigenvalue weighted by Gasteiger charge is 1.83. The normalized spacial score (nSPS) is 7.88. The molecule has 0 heterocycles. The second kappa shape index (κ2) is 13.6. The Kier molecular flexibility index (Phi) is 12.5. The summed E-state index contributed by atoms with van der Waals surface area (Å²) in [5.74, 6) is 17.3. The van der Waals surface area contributed by atoms with Gasteiger partial charge in [0.25, 0.3) is 0 Å². The fraction of sp³-hybridized carbons (Fsp3) is 0.600. The third-order valence-electron chi connectivity index (χ3n) is 1.96. The number of aliphatic hydroxyl groups excluding tert-OH is 1. The fourth-order valence-electron chi connectivity index (χ4n) is 1.12. The average molecular weight is 216 g/mol. The minimum Gasteiger partial charge on any atom is -0.384 e. The molecule has 0 aliphatic heterocycles. The predicted molar refractivity (Wildman–Crippen MR) is 68.4 cm³/mol. The maximum atomic E-state index is 8.38. The maximum Gasteiger partial charge on any atom is 0.104 e. The molecule has 0 aromatic carbocycles. The van der Waals surface area contributed by atoms with Crippen LogP contribution in [0.4, 0.5) is 0 Å². The van der Waals surface area contributed by atoms with Crippen molar-refractivity contribution in [2.24, 2.45) is 0 Å². The Balaban J connectivity index is 3.39. The van der Waals surface area contributed by atoms with Crippen LogP contribution in [0, 0.1) is 35.5 Å². The topological polar surface area (TPSA) is 20.2 Å². The summed E-state index contributed by atoms with van der Waals surface area (Å²) in [5.41, 5.74) is 0. The van der Waals surface area contributed by atoms with E-state index >= 15 is 0 Å². The summed E-state index contributed by atoms with van der Waals surface area (Å²) in [5, 5.41) is 8.38. The van der Waals surface area contributed by atoms with E-state index in [9.17, 15) is 0 Å². The van der Waals surface area contributed by atoms with Crippen LogP contribution in [0.15, 0.2) is 0 Å². The Morgan fingerprint density at radius 1 is 0.750 bits per heavy atom. The van der Waals surface area contributed by atoms with Crippen molar-refractivity contribution in [1.82, 2.24) is 0 Å². The van der Waals surface area contributed by atoms with E-state index in [1.807, 2.05) is 0 Å². The Hall–Kier alpha value is -1.36. The summed E-state index contributed by atoms with van der Waals surface area (Å²) in [6.45, 7) is 2.13. The molecule has 0 saturated carbocycles. The quantitative estimate of drug-likeness (QED) is 0.566. The number of rotatable bonds is 4. The van der Waals surface area contributed by atoms with Gasteiger partial charge in [0.1, 0.15) is 6.61 Å². The molecule has 0 fully saturated rings. The molecule has 0 saturated heterocycles. The summed E-state index contributed by atoms with van der Waals surface area (Å²) in [4.78, 5) is 0. The van der Waals surface area contributed by atoms with Gasteiger partial charge < -0.3 is 5.11 Å². The van der Waals surface area contributed by atoms with Gasteiger partial charge in [0.05, 0.1) is 12.8 Å². The van der Waals surface area contributed by atoms with E-state index in [0.29, 0.717) is 12.8 Å². The molecule has 86 valence electrons. The molecule has 0 radical (unpaired) electrons. The second-order valence-electron chi connectivity index (χ2n) is 3.38. The molecule has 1 heteroatoms. The second-order valence-corrected chi connectivity index (χ2v) is 3.38. The molecule has 0 amide bonds. The first-order valence-electron chi connectivity index (χ1n) is 5.89. The molecule has 0 rings (SSSR count). The van der Waals surface area contributed by atoms with Crippen LogP contribution in [0.2, 0.25) is 0 Å². The first-order chi connectivity index (χ1) is 7.91. The molecule has 0 spiro atoms. The van der Waals surface area contributed by atoms with Crippen LogP contribution in [-0.4, -0.2) is 11.7 Å². The van der Waals surface area contributed by atoms with Crippen LogP contribution < -0.4 is 0 Å². The van der Waals surface area contributed by atoms with Crippen LogP contribution in [0.1, 0.15) is 51.9 Å². The van der Waals surface area contributed by atoms with Crippen molar-refractivity contribution in [2.75, 3.05) is 6.61 Å². The van der Waals surface area contributed by atoms with Crippen molar-refractivity contribution in [3.8, 4) is 35.5 Å². The minimum atomic E-state index is -0.0841. The maximum absolute atomic E-state index is 8.38. The highest BCUT2D eigenvalue weighted by molar-refractivity contribution is 5.16. The Morgan fingerprint density at radius 3 is 2.00 bits per heavy atom. The number of hydrogen-bond acceptors (Lipinski definition) is 1. The number of aliphatic hydroxyl groups is 1. The zero-order valence-corrected chi connectivity index (χ0v) is 10.1. The van der Waals surface area contributed by atoms with Gasteiger partial charge in [-0.05, 0) is 6.42 Å². The van der Waals surface area contributed by atoms with Gasteiger partial charge in [-0.15, -0.1) is 5.92 Å². The largest absolute Gasteiger partial charge is 0.384 e. The molecule has 0 aliphatic rings. The lowest BCUT2D eigenvalue weighted by atomic mass is 10.1. The number of hydrogen-bond donors (Lipinski definition) is 1. The molecule has 0 aliphatic carbocycles. The van der Waals surface area contributed by atoms with Gasteiger partial charge in [0, 0.05) is 6.42 Å². The summed E-state index contributed by atoms with van der Waals surface area (Å²) < 4.78 is 0. The predicted octanol–water partition coefficient (Wildman–Crippen LogP) is 2.74. The van der Waals surface area contributed by atoms with E-state index < -0.39 is 0 Å². The lowest BCUT2D eigenvalue weighted by Gasteiger charge is -1.91. The van der Waals surface area contributed by atoms with Gasteiger partial charge in [-0.25, -0.2) is 0 Å². The van der Waals surface area contributed by atoms with Crippen LogP contribution in [0.5, 0.6) is 0 Å². The van der Waals surface area contributed by atoms with Gasteiger partial charge >= 0.3 is 0 Å². The van der Waals surface area contributed by atoms with E-state index in [2.05, 4.69) is 42.4 Å². The van der Waals surface area contributed by atoms with Crippen molar-refractivity contribution in [3.05, 3.63) is 0 Å². The molecule has 1 N–H and O–H groups in total. The molecule has 0 aromatic rings. The fourth-order valence-corrected chi connectivity index (χ4v) is 1.12. The van der Waals surface area contributed by atoms with Gasteiger partial charge in [0.2, 0.25) is 0 Å². The summed E-state index contributed by atoms with van der Waals surface area (Å²) in [6, 6.07) is 0.